The second-order valence-electron chi connectivity index (χ2n) is 5.57. The number of benzene rings is 1. The molecule has 0 bridgehead atoms. The molecule has 1 aliphatic rings. The zero-order valence-corrected chi connectivity index (χ0v) is 11.5. The number of pyridine rings is 1. The molecule has 1 aliphatic carbocycles. The molecule has 0 radical (unpaired) electrons. The SMILES string of the molecule is CC(C)NCc1c2c(nc3ccc(F)cc13)CCC2. The Morgan fingerprint density at radius 1 is 1.32 bits per heavy atom. The lowest BCUT2D eigenvalue weighted by atomic mass is 10.0. The average molecular weight is 258 g/mol. The first-order valence-corrected chi connectivity index (χ1v) is 6.98. The highest BCUT2D eigenvalue weighted by atomic mass is 19.1. The van der Waals surface area contributed by atoms with E-state index in [9.17, 15) is 4.39 Å². The van der Waals surface area contributed by atoms with E-state index in [1.807, 2.05) is 0 Å². The lowest BCUT2D eigenvalue weighted by molar-refractivity contribution is 0.588. The van der Waals surface area contributed by atoms with Crippen LogP contribution in [0.15, 0.2) is 18.2 Å². The van der Waals surface area contributed by atoms with Crippen LogP contribution in [-0.4, -0.2) is 11.0 Å². The number of aryl methyl sites for hydroxylation is 1. The van der Waals surface area contributed by atoms with Crippen molar-refractivity contribution in [3.63, 3.8) is 0 Å². The van der Waals surface area contributed by atoms with Gasteiger partial charge < -0.3 is 5.32 Å². The fourth-order valence-corrected chi connectivity index (χ4v) is 2.84. The van der Waals surface area contributed by atoms with Crippen molar-refractivity contribution in [1.82, 2.24) is 10.3 Å². The third-order valence-electron chi connectivity index (χ3n) is 3.78. The summed E-state index contributed by atoms with van der Waals surface area (Å²) in [6.45, 7) is 5.05. The van der Waals surface area contributed by atoms with E-state index in [2.05, 4.69) is 19.2 Å². The van der Waals surface area contributed by atoms with Gasteiger partial charge in [-0.1, -0.05) is 13.8 Å². The number of nitrogens with one attached hydrogen (secondary N) is 1. The summed E-state index contributed by atoms with van der Waals surface area (Å²) in [6.07, 6.45) is 3.29. The lowest BCUT2D eigenvalue weighted by Gasteiger charge is -2.15. The van der Waals surface area contributed by atoms with Crippen LogP contribution >= 0.6 is 0 Å². The van der Waals surface area contributed by atoms with Gasteiger partial charge in [0, 0.05) is 23.7 Å². The molecule has 0 fully saturated rings. The quantitative estimate of drug-likeness (QED) is 0.913. The zero-order chi connectivity index (χ0) is 13.4. The minimum Gasteiger partial charge on any atom is -0.310 e. The number of hydrogen-bond acceptors (Lipinski definition) is 2. The highest BCUT2D eigenvalue weighted by Gasteiger charge is 2.19. The van der Waals surface area contributed by atoms with Gasteiger partial charge in [0.1, 0.15) is 5.82 Å². The maximum atomic E-state index is 13.5. The second kappa shape index (κ2) is 4.89. The first kappa shape index (κ1) is 12.5. The van der Waals surface area contributed by atoms with E-state index in [0.717, 1.165) is 36.7 Å². The van der Waals surface area contributed by atoms with Crippen molar-refractivity contribution in [2.45, 2.75) is 45.7 Å². The van der Waals surface area contributed by atoms with Crippen molar-refractivity contribution in [3.8, 4) is 0 Å². The molecule has 0 saturated carbocycles. The average Bonchev–Trinajstić information content (AvgIpc) is 2.82. The van der Waals surface area contributed by atoms with Gasteiger partial charge in [0.25, 0.3) is 0 Å². The monoisotopic (exact) mass is 258 g/mol. The van der Waals surface area contributed by atoms with Gasteiger partial charge in [-0.25, -0.2) is 4.39 Å². The molecule has 0 aliphatic heterocycles. The van der Waals surface area contributed by atoms with Crippen LogP contribution in [0.5, 0.6) is 0 Å². The predicted octanol–water partition coefficient (Wildman–Crippen LogP) is 3.36. The summed E-state index contributed by atoms with van der Waals surface area (Å²) in [5.74, 6) is -0.182. The number of fused-ring (bicyclic) bond motifs is 2. The van der Waals surface area contributed by atoms with E-state index in [0.29, 0.717) is 6.04 Å². The van der Waals surface area contributed by atoms with Crippen LogP contribution in [0.1, 0.15) is 37.1 Å². The van der Waals surface area contributed by atoms with Crippen LogP contribution in [0.3, 0.4) is 0 Å². The van der Waals surface area contributed by atoms with Crippen molar-refractivity contribution >= 4 is 10.9 Å². The topological polar surface area (TPSA) is 24.9 Å². The minimum atomic E-state index is -0.182. The molecule has 3 rings (SSSR count). The standard InChI is InChI=1S/C16H19FN2/c1-10(2)18-9-14-12-4-3-5-15(12)19-16-7-6-11(17)8-13(14)16/h6-8,10,18H,3-5,9H2,1-2H3. The smallest absolute Gasteiger partial charge is 0.123 e. The first-order chi connectivity index (χ1) is 9.15. The summed E-state index contributed by atoms with van der Waals surface area (Å²) in [5, 5.41) is 4.42. The molecule has 0 saturated heterocycles. The molecule has 0 atom stereocenters. The Hall–Kier alpha value is -1.48. The molecule has 0 unspecified atom stereocenters. The van der Waals surface area contributed by atoms with Crippen LogP contribution < -0.4 is 5.32 Å². The molecule has 2 aromatic rings. The second-order valence-corrected chi connectivity index (χ2v) is 5.57. The van der Waals surface area contributed by atoms with E-state index in [1.54, 1.807) is 12.1 Å². The van der Waals surface area contributed by atoms with Gasteiger partial charge in [-0.15, -0.1) is 0 Å². The van der Waals surface area contributed by atoms with Gasteiger partial charge in [0.15, 0.2) is 0 Å². The highest BCUT2D eigenvalue weighted by molar-refractivity contribution is 5.84. The number of rotatable bonds is 3. The van der Waals surface area contributed by atoms with Crippen LogP contribution in [0.2, 0.25) is 0 Å². The Bertz CT molecular complexity index is 620. The lowest BCUT2D eigenvalue weighted by Crippen LogP contribution is -2.23. The Morgan fingerprint density at radius 3 is 2.95 bits per heavy atom. The third-order valence-corrected chi connectivity index (χ3v) is 3.78. The fraction of sp³-hybridized carbons (Fsp3) is 0.438. The minimum absolute atomic E-state index is 0.182. The third kappa shape index (κ3) is 2.35. The van der Waals surface area contributed by atoms with Gasteiger partial charge in [0.2, 0.25) is 0 Å². The maximum Gasteiger partial charge on any atom is 0.123 e. The summed E-state index contributed by atoms with van der Waals surface area (Å²) < 4.78 is 13.5. The molecular weight excluding hydrogens is 239 g/mol. The summed E-state index contributed by atoms with van der Waals surface area (Å²) in [4.78, 5) is 4.69. The van der Waals surface area contributed by atoms with Gasteiger partial charge in [0.05, 0.1) is 5.52 Å². The zero-order valence-electron chi connectivity index (χ0n) is 11.5. The normalized spacial score (nSPS) is 14.3. The van der Waals surface area contributed by atoms with Gasteiger partial charge >= 0.3 is 0 Å². The molecular formula is C16H19FN2. The number of hydrogen-bond donors (Lipinski definition) is 1. The van der Waals surface area contributed by atoms with Crippen LogP contribution in [-0.2, 0) is 19.4 Å². The molecule has 19 heavy (non-hydrogen) atoms. The molecule has 3 heteroatoms. The summed E-state index contributed by atoms with van der Waals surface area (Å²) >= 11 is 0. The van der Waals surface area contributed by atoms with Crippen molar-refractivity contribution in [1.29, 1.82) is 0 Å². The van der Waals surface area contributed by atoms with E-state index in [4.69, 9.17) is 4.98 Å². The summed E-state index contributed by atoms with van der Waals surface area (Å²) in [7, 11) is 0. The molecule has 1 aromatic carbocycles. The number of halogens is 1. The first-order valence-electron chi connectivity index (χ1n) is 6.98. The van der Waals surface area contributed by atoms with Crippen molar-refractivity contribution in [2.24, 2.45) is 0 Å². The molecule has 0 amide bonds. The summed E-state index contributed by atoms with van der Waals surface area (Å²) in [6, 6.07) is 5.34. The van der Waals surface area contributed by atoms with Crippen molar-refractivity contribution < 1.29 is 4.39 Å². The van der Waals surface area contributed by atoms with E-state index in [1.165, 1.54) is 22.9 Å². The molecule has 2 nitrogen and oxygen atoms in total. The predicted molar refractivity (Wildman–Crippen MR) is 75.7 cm³/mol. The molecule has 1 aromatic heterocycles. The van der Waals surface area contributed by atoms with Gasteiger partial charge in [-0.3, -0.25) is 4.98 Å². The van der Waals surface area contributed by atoms with Gasteiger partial charge in [-0.2, -0.15) is 0 Å². The number of nitrogens with zero attached hydrogens (tertiary/aromatic N) is 1. The largest absolute Gasteiger partial charge is 0.310 e. The number of aromatic nitrogens is 1. The van der Waals surface area contributed by atoms with Crippen molar-refractivity contribution in [3.05, 3.63) is 40.8 Å². The van der Waals surface area contributed by atoms with Crippen LogP contribution in [0.25, 0.3) is 10.9 Å². The van der Waals surface area contributed by atoms with Crippen molar-refractivity contribution in [2.75, 3.05) is 0 Å². The van der Waals surface area contributed by atoms with E-state index in [-0.39, 0.29) is 5.82 Å². The molecule has 1 heterocycles. The van der Waals surface area contributed by atoms with Crippen LogP contribution in [0, 0.1) is 5.82 Å². The molecule has 100 valence electrons. The molecule has 1 N–H and O–H groups in total. The maximum absolute atomic E-state index is 13.5. The summed E-state index contributed by atoms with van der Waals surface area (Å²) in [5.41, 5.74) is 4.71. The van der Waals surface area contributed by atoms with Crippen LogP contribution in [0.4, 0.5) is 4.39 Å². The Morgan fingerprint density at radius 2 is 2.16 bits per heavy atom. The van der Waals surface area contributed by atoms with E-state index >= 15 is 0 Å². The highest BCUT2D eigenvalue weighted by Crippen LogP contribution is 2.30. The van der Waals surface area contributed by atoms with E-state index < -0.39 is 0 Å². The fourth-order valence-electron chi connectivity index (χ4n) is 2.84. The Labute approximate surface area is 113 Å². The molecule has 0 spiro atoms. The van der Waals surface area contributed by atoms with Gasteiger partial charge in [-0.05, 0) is 48.6 Å². The Balaban J connectivity index is 2.16. The Kier molecular flexibility index (Phi) is 3.23.